The SMILES string of the molecule is O=C(NCc1ccccc1F)[C@@H]1CCc2cnc(NCC(F)(F)c3ccc4ccccc4[n+]3[O-])c(=O)n21. The molecular weight excluding hydrogens is 487 g/mol. The number of nitrogens with zero attached hydrogens (tertiary/aromatic N) is 3. The molecule has 2 aromatic carbocycles. The minimum Gasteiger partial charge on any atom is -0.618 e. The number of benzene rings is 2. The number of fused-ring (bicyclic) bond motifs is 2. The van der Waals surface area contributed by atoms with Gasteiger partial charge in [-0.15, -0.1) is 0 Å². The van der Waals surface area contributed by atoms with Gasteiger partial charge in [-0.3, -0.25) is 14.2 Å². The Bertz CT molecular complexity index is 1560. The highest BCUT2D eigenvalue weighted by atomic mass is 19.3. The number of nitrogens with one attached hydrogen (secondary N) is 2. The Hall–Kier alpha value is -4.41. The molecule has 0 saturated carbocycles. The fraction of sp³-hybridized carbons (Fsp3) is 0.231. The third kappa shape index (κ3) is 4.59. The Labute approximate surface area is 209 Å². The fourth-order valence-corrected chi connectivity index (χ4v) is 4.49. The standard InChI is InChI=1S/C26H22F3N5O3/c27-19-7-3-1-6-17(19)13-31-24(35)21-11-10-18-14-30-23(25(36)33(18)21)32-15-26(28,29)22-12-9-16-5-2-4-8-20(16)34(22)37/h1-9,12,14,21H,10-11,13,15H2,(H,30,32)(H,31,35)/t21-/m0/s1. The molecule has 11 heteroatoms. The predicted octanol–water partition coefficient (Wildman–Crippen LogP) is 3.18. The molecule has 0 fully saturated rings. The van der Waals surface area contributed by atoms with Crippen molar-refractivity contribution in [1.82, 2.24) is 14.9 Å². The van der Waals surface area contributed by atoms with E-state index in [1.165, 1.54) is 41.1 Å². The first-order chi connectivity index (χ1) is 17.8. The molecule has 0 aliphatic carbocycles. The highest BCUT2D eigenvalue weighted by Crippen LogP contribution is 2.28. The van der Waals surface area contributed by atoms with E-state index in [-0.39, 0.29) is 22.6 Å². The number of halogens is 3. The average Bonchev–Trinajstić information content (AvgIpc) is 3.33. The van der Waals surface area contributed by atoms with Crippen LogP contribution in [0.2, 0.25) is 0 Å². The molecule has 8 nitrogen and oxygen atoms in total. The summed E-state index contributed by atoms with van der Waals surface area (Å²) in [6.07, 6.45) is 2.06. The molecule has 2 N–H and O–H groups in total. The quantitative estimate of drug-likeness (QED) is 0.294. The largest absolute Gasteiger partial charge is 0.618 e. The smallest absolute Gasteiger partial charge is 0.347 e. The highest BCUT2D eigenvalue weighted by Gasteiger charge is 2.40. The Morgan fingerprint density at radius 1 is 1.14 bits per heavy atom. The van der Waals surface area contributed by atoms with Gasteiger partial charge in [0.15, 0.2) is 5.82 Å². The first-order valence-electron chi connectivity index (χ1n) is 11.6. The number of aromatic nitrogens is 3. The van der Waals surface area contributed by atoms with E-state index in [0.29, 0.717) is 29.5 Å². The van der Waals surface area contributed by atoms with Crippen molar-refractivity contribution in [2.75, 3.05) is 11.9 Å². The average molecular weight is 509 g/mol. The van der Waals surface area contributed by atoms with Gasteiger partial charge in [-0.25, -0.2) is 9.37 Å². The summed E-state index contributed by atoms with van der Waals surface area (Å²) in [7, 11) is 0. The van der Waals surface area contributed by atoms with Crippen LogP contribution in [0.3, 0.4) is 0 Å². The normalized spacial score (nSPS) is 14.9. The van der Waals surface area contributed by atoms with E-state index >= 15 is 8.78 Å². The number of para-hydroxylation sites is 1. The Morgan fingerprint density at radius 2 is 1.89 bits per heavy atom. The second-order valence-electron chi connectivity index (χ2n) is 8.77. The summed E-state index contributed by atoms with van der Waals surface area (Å²) in [4.78, 5) is 29.9. The summed E-state index contributed by atoms with van der Waals surface area (Å²) < 4.78 is 45.3. The second kappa shape index (κ2) is 9.57. The lowest BCUT2D eigenvalue weighted by atomic mass is 10.1. The molecule has 4 aromatic rings. The minimum absolute atomic E-state index is 0.0601. The zero-order valence-electron chi connectivity index (χ0n) is 19.5. The third-order valence-electron chi connectivity index (χ3n) is 6.42. The number of alkyl halides is 2. The summed E-state index contributed by atoms with van der Waals surface area (Å²) in [5.41, 5.74) is -0.624. The molecule has 0 bridgehead atoms. The molecule has 0 radical (unpaired) electrons. The van der Waals surface area contributed by atoms with Gasteiger partial charge in [0.05, 0.1) is 6.54 Å². The summed E-state index contributed by atoms with van der Waals surface area (Å²) >= 11 is 0. The van der Waals surface area contributed by atoms with Gasteiger partial charge in [0.2, 0.25) is 11.4 Å². The number of pyridine rings is 1. The van der Waals surface area contributed by atoms with Crippen molar-refractivity contribution in [1.29, 1.82) is 0 Å². The molecule has 0 saturated heterocycles. The molecule has 5 rings (SSSR count). The van der Waals surface area contributed by atoms with E-state index in [9.17, 15) is 19.2 Å². The molecular formula is C26H22F3N5O3. The minimum atomic E-state index is -3.62. The van der Waals surface area contributed by atoms with Gasteiger partial charge in [-0.2, -0.15) is 13.5 Å². The van der Waals surface area contributed by atoms with Gasteiger partial charge in [0.25, 0.3) is 11.3 Å². The van der Waals surface area contributed by atoms with Crippen LogP contribution in [0.25, 0.3) is 10.9 Å². The van der Waals surface area contributed by atoms with E-state index in [4.69, 9.17) is 0 Å². The van der Waals surface area contributed by atoms with Gasteiger partial charge in [-0.1, -0.05) is 30.3 Å². The van der Waals surface area contributed by atoms with Crippen molar-refractivity contribution < 1.29 is 22.7 Å². The lowest BCUT2D eigenvalue weighted by Gasteiger charge is -2.19. The number of hydrogen-bond acceptors (Lipinski definition) is 5. The highest BCUT2D eigenvalue weighted by molar-refractivity contribution is 5.81. The van der Waals surface area contributed by atoms with Gasteiger partial charge < -0.3 is 15.8 Å². The van der Waals surface area contributed by atoms with Crippen molar-refractivity contribution in [3.05, 3.63) is 105 Å². The second-order valence-corrected chi connectivity index (χ2v) is 8.77. The zero-order valence-corrected chi connectivity index (χ0v) is 19.5. The van der Waals surface area contributed by atoms with Crippen LogP contribution in [0.1, 0.15) is 29.4 Å². The Morgan fingerprint density at radius 3 is 2.70 bits per heavy atom. The molecule has 1 aliphatic heterocycles. The summed E-state index contributed by atoms with van der Waals surface area (Å²) in [5, 5.41) is 18.1. The van der Waals surface area contributed by atoms with E-state index < -0.39 is 41.5 Å². The summed E-state index contributed by atoms with van der Waals surface area (Å²) in [6.45, 7) is -1.12. The molecule has 3 heterocycles. The van der Waals surface area contributed by atoms with Crippen LogP contribution in [-0.4, -0.2) is 22.0 Å². The van der Waals surface area contributed by atoms with Crippen LogP contribution < -0.4 is 20.9 Å². The van der Waals surface area contributed by atoms with Crippen molar-refractivity contribution in [3.8, 4) is 0 Å². The number of anilines is 1. The number of aryl methyl sites for hydroxylation is 1. The summed E-state index contributed by atoms with van der Waals surface area (Å²) in [5.74, 6) is -4.94. The van der Waals surface area contributed by atoms with Crippen LogP contribution >= 0.6 is 0 Å². The molecule has 0 spiro atoms. The third-order valence-corrected chi connectivity index (χ3v) is 6.42. The van der Waals surface area contributed by atoms with Gasteiger partial charge >= 0.3 is 5.92 Å². The molecule has 1 amide bonds. The number of carbonyl (C=O) groups is 1. The lowest BCUT2D eigenvalue weighted by molar-refractivity contribution is -0.597. The topological polar surface area (TPSA) is 103 Å². The van der Waals surface area contributed by atoms with Gasteiger partial charge in [0, 0.05) is 41.5 Å². The van der Waals surface area contributed by atoms with Gasteiger partial charge in [0.1, 0.15) is 11.9 Å². The maximum absolute atomic E-state index is 15.0. The monoisotopic (exact) mass is 509 g/mol. The number of hydrogen-bond donors (Lipinski definition) is 2. The first kappa shape index (κ1) is 24.3. The Balaban J connectivity index is 1.33. The fourth-order valence-electron chi connectivity index (χ4n) is 4.49. The van der Waals surface area contributed by atoms with Crippen LogP contribution in [0.5, 0.6) is 0 Å². The number of carbonyl (C=O) groups excluding carboxylic acids is 1. The molecule has 37 heavy (non-hydrogen) atoms. The maximum Gasteiger partial charge on any atom is 0.347 e. The van der Waals surface area contributed by atoms with E-state index in [2.05, 4.69) is 15.6 Å². The van der Waals surface area contributed by atoms with Gasteiger partial charge in [-0.05, 0) is 31.0 Å². The lowest BCUT2D eigenvalue weighted by Crippen LogP contribution is -2.42. The molecule has 1 aliphatic rings. The van der Waals surface area contributed by atoms with Crippen molar-refractivity contribution >= 4 is 22.6 Å². The first-order valence-corrected chi connectivity index (χ1v) is 11.6. The van der Waals surface area contributed by atoms with Crippen LogP contribution in [0.4, 0.5) is 19.0 Å². The number of amides is 1. The molecule has 1 atom stereocenters. The zero-order chi connectivity index (χ0) is 26.2. The maximum atomic E-state index is 15.0. The van der Waals surface area contributed by atoms with Crippen LogP contribution in [-0.2, 0) is 23.7 Å². The number of rotatable bonds is 7. The molecule has 190 valence electrons. The molecule has 2 aromatic heterocycles. The van der Waals surface area contributed by atoms with Crippen LogP contribution in [0.15, 0.2) is 71.7 Å². The van der Waals surface area contributed by atoms with E-state index in [1.807, 2.05) is 0 Å². The van der Waals surface area contributed by atoms with Crippen LogP contribution in [0, 0.1) is 11.0 Å². The Kier molecular flexibility index (Phi) is 6.28. The van der Waals surface area contributed by atoms with E-state index in [1.54, 1.807) is 24.3 Å². The van der Waals surface area contributed by atoms with Crippen molar-refractivity contribution in [2.24, 2.45) is 0 Å². The molecule has 0 unspecified atom stereocenters. The summed E-state index contributed by atoms with van der Waals surface area (Å²) in [6, 6.07) is 14.0. The van der Waals surface area contributed by atoms with E-state index in [0.717, 1.165) is 6.07 Å². The van der Waals surface area contributed by atoms with Crippen molar-refractivity contribution in [3.63, 3.8) is 0 Å². The van der Waals surface area contributed by atoms with Crippen molar-refractivity contribution in [2.45, 2.75) is 31.4 Å². The predicted molar refractivity (Wildman–Crippen MR) is 129 cm³/mol.